The zero-order valence-corrected chi connectivity index (χ0v) is 11.1. The van der Waals surface area contributed by atoms with E-state index < -0.39 is 10.0 Å². The quantitative estimate of drug-likeness (QED) is 0.558. The summed E-state index contributed by atoms with van der Waals surface area (Å²) in [6.07, 6.45) is 0.445. The predicted molar refractivity (Wildman–Crippen MR) is 71.7 cm³/mol. The fourth-order valence-electron chi connectivity index (χ4n) is 1.39. The topological polar surface area (TPSA) is 98.2 Å². The van der Waals surface area contributed by atoms with Gasteiger partial charge in [0.05, 0.1) is 16.5 Å². The molecular formula is C10H16ClN3O2S. The first-order chi connectivity index (χ1) is 7.79. The van der Waals surface area contributed by atoms with Crippen LogP contribution in [0.3, 0.4) is 0 Å². The van der Waals surface area contributed by atoms with E-state index in [0.29, 0.717) is 23.7 Å². The van der Waals surface area contributed by atoms with Crippen LogP contribution < -0.4 is 16.2 Å². The number of nitrogens with one attached hydrogen (secondary N) is 1. The Labute approximate surface area is 106 Å². The maximum atomic E-state index is 10.7. The van der Waals surface area contributed by atoms with Crippen LogP contribution in [-0.4, -0.2) is 20.7 Å². The van der Waals surface area contributed by atoms with Crippen LogP contribution in [0, 0.1) is 6.92 Å². The molecule has 0 spiro atoms. The van der Waals surface area contributed by atoms with Crippen molar-refractivity contribution in [3.63, 3.8) is 0 Å². The molecule has 0 heterocycles. The molecule has 1 aromatic carbocycles. The molecule has 0 atom stereocenters. The van der Waals surface area contributed by atoms with Gasteiger partial charge in [0.15, 0.2) is 0 Å². The SMILES string of the molecule is Cc1cc(N)c(Cl)cc1NCCCS(N)(=O)=O. The van der Waals surface area contributed by atoms with Crippen molar-refractivity contribution in [2.75, 3.05) is 23.3 Å². The van der Waals surface area contributed by atoms with Gasteiger partial charge in [0, 0.05) is 12.2 Å². The maximum Gasteiger partial charge on any atom is 0.209 e. The van der Waals surface area contributed by atoms with E-state index in [1.165, 1.54) is 0 Å². The summed E-state index contributed by atoms with van der Waals surface area (Å²) in [6, 6.07) is 3.49. The largest absolute Gasteiger partial charge is 0.398 e. The summed E-state index contributed by atoms with van der Waals surface area (Å²) in [5.41, 5.74) is 7.98. The number of rotatable bonds is 5. The first-order valence-electron chi connectivity index (χ1n) is 5.09. The Kier molecular flexibility index (Phi) is 4.62. The van der Waals surface area contributed by atoms with Gasteiger partial charge in [-0.05, 0) is 31.0 Å². The van der Waals surface area contributed by atoms with Crippen molar-refractivity contribution < 1.29 is 8.42 Å². The third-order valence-electron chi connectivity index (χ3n) is 2.26. The number of nitrogen functional groups attached to an aromatic ring is 1. The molecule has 0 amide bonds. The Hall–Kier alpha value is -0.980. The number of primary sulfonamides is 1. The Balaban J connectivity index is 2.55. The molecule has 17 heavy (non-hydrogen) atoms. The molecule has 5 N–H and O–H groups in total. The first kappa shape index (κ1) is 14.1. The second kappa shape index (κ2) is 5.57. The third-order valence-corrected chi connectivity index (χ3v) is 3.45. The van der Waals surface area contributed by atoms with Crippen molar-refractivity contribution in [1.82, 2.24) is 0 Å². The van der Waals surface area contributed by atoms with Gasteiger partial charge in [-0.25, -0.2) is 13.6 Å². The average Bonchev–Trinajstić information content (AvgIpc) is 2.18. The van der Waals surface area contributed by atoms with Gasteiger partial charge in [-0.2, -0.15) is 0 Å². The van der Waals surface area contributed by atoms with E-state index in [0.717, 1.165) is 11.3 Å². The standard InChI is InChI=1S/C10H16ClN3O2S/c1-7-5-9(12)8(11)6-10(7)14-3-2-4-17(13,15)16/h5-6,14H,2-4,12H2,1H3,(H2,13,15,16). The van der Waals surface area contributed by atoms with Gasteiger partial charge in [-0.15, -0.1) is 0 Å². The van der Waals surface area contributed by atoms with Crippen LogP contribution in [0.5, 0.6) is 0 Å². The van der Waals surface area contributed by atoms with E-state index in [1.54, 1.807) is 12.1 Å². The van der Waals surface area contributed by atoms with E-state index in [9.17, 15) is 8.42 Å². The highest BCUT2D eigenvalue weighted by atomic mass is 35.5. The molecule has 1 rings (SSSR count). The fraction of sp³-hybridized carbons (Fsp3) is 0.400. The molecule has 0 aromatic heterocycles. The molecule has 0 bridgehead atoms. The Bertz CT molecular complexity index is 503. The van der Waals surface area contributed by atoms with E-state index in [4.69, 9.17) is 22.5 Å². The lowest BCUT2D eigenvalue weighted by atomic mass is 10.2. The van der Waals surface area contributed by atoms with Crippen LogP contribution in [0.15, 0.2) is 12.1 Å². The summed E-state index contributed by atoms with van der Waals surface area (Å²) in [7, 11) is -3.39. The first-order valence-corrected chi connectivity index (χ1v) is 7.19. The minimum Gasteiger partial charge on any atom is -0.398 e. The zero-order chi connectivity index (χ0) is 13.1. The molecule has 0 unspecified atom stereocenters. The summed E-state index contributed by atoms with van der Waals surface area (Å²) in [5, 5.41) is 8.47. The fourth-order valence-corrected chi connectivity index (χ4v) is 2.10. The van der Waals surface area contributed by atoms with Crippen molar-refractivity contribution in [2.45, 2.75) is 13.3 Å². The summed E-state index contributed by atoms with van der Waals surface area (Å²) in [6.45, 7) is 2.41. The van der Waals surface area contributed by atoms with Crippen LogP contribution in [0.2, 0.25) is 5.02 Å². The minimum absolute atomic E-state index is 0.0399. The monoisotopic (exact) mass is 277 g/mol. The lowest BCUT2D eigenvalue weighted by Gasteiger charge is -2.11. The summed E-state index contributed by atoms with van der Waals surface area (Å²) < 4.78 is 21.4. The Morgan fingerprint density at radius 2 is 2.06 bits per heavy atom. The second-order valence-electron chi connectivity index (χ2n) is 3.84. The number of sulfonamides is 1. The summed E-state index contributed by atoms with van der Waals surface area (Å²) in [4.78, 5) is 0. The molecule has 96 valence electrons. The molecule has 0 aliphatic carbocycles. The van der Waals surface area contributed by atoms with Crippen molar-refractivity contribution in [1.29, 1.82) is 0 Å². The number of aryl methyl sites for hydroxylation is 1. The van der Waals surface area contributed by atoms with Crippen LogP contribution in [0.25, 0.3) is 0 Å². The number of nitrogens with two attached hydrogens (primary N) is 2. The van der Waals surface area contributed by atoms with Crippen LogP contribution in [0.4, 0.5) is 11.4 Å². The second-order valence-corrected chi connectivity index (χ2v) is 5.98. The molecular weight excluding hydrogens is 262 g/mol. The number of halogens is 1. The van der Waals surface area contributed by atoms with Gasteiger partial charge < -0.3 is 11.1 Å². The lowest BCUT2D eigenvalue weighted by molar-refractivity contribution is 0.596. The van der Waals surface area contributed by atoms with Gasteiger partial charge in [-0.1, -0.05) is 11.6 Å². The molecule has 0 fully saturated rings. The number of anilines is 2. The molecule has 7 heteroatoms. The molecule has 0 aliphatic rings. The van der Waals surface area contributed by atoms with Gasteiger partial charge in [0.1, 0.15) is 0 Å². The van der Waals surface area contributed by atoms with Gasteiger partial charge in [0.25, 0.3) is 0 Å². The van der Waals surface area contributed by atoms with E-state index in [1.807, 2.05) is 6.92 Å². The van der Waals surface area contributed by atoms with Gasteiger partial charge in [-0.3, -0.25) is 0 Å². The van der Waals surface area contributed by atoms with Gasteiger partial charge >= 0.3 is 0 Å². The summed E-state index contributed by atoms with van der Waals surface area (Å²) >= 11 is 5.89. The Morgan fingerprint density at radius 1 is 1.41 bits per heavy atom. The molecule has 0 aliphatic heterocycles. The molecule has 0 radical (unpaired) electrons. The normalized spacial score (nSPS) is 11.5. The van der Waals surface area contributed by atoms with E-state index in [-0.39, 0.29) is 5.75 Å². The maximum absolute atomic E-state index is 10.7. The van der Waals surface area contributed by atoms with Crippen molar-refractivity contribution >= 4 is 33.0 Å². The van der Waals surface area contributed by atoms with Crippen LogP contribution in [0.1, 0.15) is 12.0 Å². The lowest BCUT2D eigenvalue weighted by Crippen LogP contribution is -2.18. The zero-order valence-electron chi connectivity index (χ0n) is 9.53. The van der Waals surface area contributed by atoms with Crippen LogP contribution in [-0.2, 0) is 10.0 Å². The predicted octanol–water partition coefficient (Wildman–Crippen LogP) is 1.32. The number of benzene rings is 1. The summed E-state index contributed by atoms with van der Waals surface area (Å²) in [5.74, 6) is -0.0399. The smallest absolute Gasteiger partial charge is 0.209 e. The number of hydrogen-bond donors (Lipinski definition) is 3. The Morgan fingerprint density at radius 3 is 2.65 bits per heavy atom. The van der Waals surface area contributed by atoms with Gasteiger partial charge in [0.2, 0.25) is 10.0 Å². The highest BCUT2D eigenvalue weighted by Crippen LogP contribution is 2.26. The highest BCUT2D eigenvalue weighted by molar-refractivity contribution is 7.89. The van der Waals surface area contributed by atoms with Crippen LogP contribution >= 0.6 is 11.6 Å². The van der Waals surface area contributed by atoms with E-state index in [2.05, 4.69) is 5.32 Å². The van der Waals surface area contributed by atoms with E-state index >= 15 is 0 Å². The molecule has 1 aromatic rings. The molecule has 5 nitrogen and oxygen atoms in total. The van der Waals surface area contributed by atoms with Crippen molar-refractivity contribution in [2.24, 2.45) is 5.14 Å². The average molecular weight is 278 g/mol. The third kappa shape index (κ3) is 4.80. The van der Waals surface area contributed by atoms with Crippen molar-refractivity contribution in [3.05, 3.63) is 22.7 Å². The minimum atomic E-state index is -3.39. The highest BCUT2D eigenvalue weighted by Gasteiger charge is 2.05. The molecule has 0 saturated heterocycles. The van der Waals surface area contributed by atoms with Crippen molar-refractivity contribution in [3.8, 4) is 0 Å². The number of hydrogen-bond acceptors (Lipinski definition) is 4. The molecule has 0 saturated carbocycles.